The van der Waals surface area contributed by atoms with Gasteiger partial charge >= 0.3 is 0 Å². The molecule has 1 aromatic heterocycles. The highest BCUT2D eigenvalue weighted by molar-refractivity contribution is 5.83. The molecule has 3 rings (SSSR count). The van der Waals surface area contributed by atoms with Crippen molar-refractivity contribution in [1.82, 2.24) is 20.4 Å². The molecular formula is C15H22N4O3. The molecule has 1 saturated heterocycles. The second-order valence-corrected chi connectivity index (χ2v) is 6.21. The van der Waals surface area contributed by atoms with Gasteiger partial charge in [-0.1, -0.05) is 18.0 Å². The van der Waals surface area contributed by atoms with Crippen molar-refractivity contribution in [3.63, 3.8) is 0 Å². The Morgan fingerprint density at radius 3 is 2.77 bits per heavy atom. The van der Waals surface area contributed by atoms with E-state index in [1.54, 1.807) is 4.90 Å². The molecule has 120 valence electrons. The predicted octanol–water partition coefficient (Wildman–Crippen LogP) is 1.18. The Labute approximate surface area is 129 Å². The van der Waals surface area contributed by atoms with Crippen molar-refractivity contribution in [1.29, 1.82) is 0 Å². The van der Waals surface area contributed by atoms with Crippen molar-refractivity contribution in [3.05, 3.63) is 11.7 Å². The Morgan fingerprint density at radius 1 is 1.27 bits per heavy atom. The molecule has 2 fully saturated rings. The van der Waals surface area contributed by atoms with E-state index in [9.17, 15) is 9.59 Å². The zero-order valence-electron chi connectivity index (χ0n) is 12.9. The first kappa shape index (κ1) is 15.0. The minimum Gasteiger partial charge on any atom is -0.347 e. The molecule has 1 aliphatic carbocycles. The fourth-order valence-corrected chi connectivity index (χ4v) is 3.26. The van der Waals surface area contributed by atoms with E-state index in [-0.39, 0.29) is 24.3 Å². The molecule has 0 radical (unpaired) electrons. The third-order valence-electron chi connectivity index (χ3n) is 4.56. The molecule has 7 heteroatoms. The molecule has 1 aromatic rings. The normalized spacial score (nSPS) is 22.2. The lowest BCUT2D eigenvalue weighted by Crippen LogP contribution is -2.38. The zero-order chi connectivity index (χ0) is 15.5. The molecular weight excluding hydrogens is 284 g/mol. The third-order valence-corrected chi connectivity index (χ3v) is 4.56. The Hall–Kier alpha value is -1.92. The first-order chi connectivity index (χ1) is 10.6. The Morgan fingerprint density at radius 2 is 2.05 bits per heavy atom. The molecule has 2 heterocycles. The maximum atomic E-state index is 12.0. The largest absolute Gasteiger partial charge is 0.347 e. The summed E-state index contributed by atoms with van der Waals surface area (Å²) in [6.45, 7) is 2.72. The standard InChI is InChI=1S/C15H22N4O3/c1-10(20)16-8-13(21)19-7-6-12(9-19)15-17-14(18-22-15)11-4-2-3-5-11/h11-12H,2-9H2,1H3,(H,16,20)/t12-/m1/s1. The van der Waals surface area contributed by atoms with Crippen LogP contribution < -0.4 is 5.32 Å². The molecule has 1 saturated carbocycles. The highest BCUT2D eigenvalue weighted by Gasteiger charge is 2.32. The van der Waals surface area contributed by atoms with Crippen LogP contribution in [0.1, 0.15) is 62.6 Å². The van der Waals surface area contributed by atoms with Gasteiger partial charge in [0.15, 0.2) is 5.82 Å². The first-order valence-corrected chi connectivity index (χ1v) is 7.99. The Kier molecular flexibility index (Phi) is 4.40. The summed E-state index contributed by atoms with van der Waals surface area (Å²) in [6.07, 6.45) is 5.60. The van der Waals surface area contributed by atoms with Crippen LogP contribution in [0.3, 0.4) is 0 Å². The lowest BCUT2D eigenvalue weighted by Gasteiger charge is -2.15. The second-order valence-electron chi connectivity index (χ2n) is 6.21. The number of carbonyl (C=O) groups excluding carboxylic acids is 2. The van der Waals surface area contributed by atoms with Crippen LogP contribution in [-0.4, -0.2) is 46.5 Å². The van der Waals surface area contributed by atoms with Crippen LogP contribution in [-0.2, 0) is 9.59 Å². The van der Waals surface area contributed by atoms with Crippen molar-refractivity contribution in [3.8, 4) is 0 Å². The van der Waals surface area contributed by atoms with Crippen LogP contribution in [0.4, 0.5) is 0 Å². The van der Waals surface area contributed by atoms with Crippen LogP contribution in [0.2, 0.25) is 0 Å². The maximum absolute atomic E-state index is 12.0. The van der Waals surface area contributed by atoms with E-state index >= 15 is 0 Å². The van der Waals surface area contributed by atoms with Crippen LogP contribution in [0.25, 0.3) is 0 Å². The summed E-state index contributed by atoms with van der Waals surface area (Å²) in [5.41, 5.74) is 0. The fourth-order valence-electron chi connectivity index (χ4n) is 3.26. The number of carbonyl (C=O) groups is 2. The van der Waals surface area contributed by atoms with Crippen LogP contribution in [0.15, 0.2) is 4.52 Å². The van der Waals surface area contributed by atoms with E-state index < -0.39 is 0 Å². The highest BCUT2D eigenvalue weighted by atomic mass is 16.5. The van der Waals surface area contributed by atoms with E-state index in [0.29, 0.717) is 24.9 Å². The van der Waals surface area contributed by atoms with Gasteiger partial charge in [0, 0.05) is 25.9 Å². The van der Waals surface area contributed by atoms with Gasteiger partial charge in [0.25, 0.3) is 0 Å². The molecule has 0 aromatic carbocycles. The van der Waals surface area contributed by atoms with Crippen LogP contribution >= 0.6 is 0 Å². The van der Waals surface area contributed by atoms with E-state index in [1.807, 2.05) is 0 Å². The number of rotatable bonds is 4. The monoisotopic (exact) mass is 306 g/mol. The maximum Gasteiger partial charge on any atom is 0.241 e. The topological polar surface area (TPSA) is 88.3 Å². The number of nitrogens with one attached hydrogen (secondary N) is 1. The summed E-state index contributed by atoms with van der Waals surface area (Å²) in [5.74, 6) is 1.78. The number of hydrogen-bond donors (Lipinski definition) is 1. The summed E-state index contributed by atoms with van der Waals surface area (Å²) >= 11 is 0. The van der Waals surface area contributed by atoms with Gasteiger partial charge in [-0.3, -0.25) is 9.59 Å². The summed E-state index contributed by atoms with van der Waals surface area (Å²) in [4.78, 5) is 29.2. The summed E-state index contributed by atoms with van der Waals surface area (Å²) < 4.78 is 5.42. The molecule has 0 bridgehead atoms. The minimum atomic E-state index is -0.192. The van der Waals surface area contributed by atoms with Crippen molar-refractivity contribution >= 4 is 11.8 Å². The van der Waals surface area contributed by atoms with Crippen molar-refractivity contribution in [2.45, 2.75) is 50.9 Å². The molecule has 2 aliphatic rings. The second kappa shape index (κ2) is 6.46. The number of amides is 2. The lowest BCUT2D eigenvalue weighted by atomic mass is 10.1. The number of aromatic nitrogens is 2. The van der Waals surface area contributed by atoms with E-state index in [4.69, 9.17) is 4.52 Å². The Balaban J connectivity index is 1.56. The van der Waals surface area contributed by atoms with Gasteiger partial charge in [-0.05, 0) is 19.3 Å². The van der Waals surface area contributed by atoms with Gasteiger partial charge in [-0.15, -0.1) is 0 Å². The highest BCUT2D eigenvalue weighted by Crippen LogP contribution is 2.34. The minimum absolute atomic E-state index is 0.0548. The van der Waals surface area contributed by atoms with Gasteiger partial charge in [0.05, 0.1) is 12.5 Å². The number of hydrogen-bond acceptors (Lipinski definition) is 5. The average Bonchev–Trinajstić information content (AvgIpc) is 3.23. The van der Waals surface area contributed by atoms with Gasteiger partial charge in [-0.2, -0.15) is 4.98 Å². The quantitative estimate of drug-likeness (QED) is 0.902. The smallest absolute Gasteiger partial charge is 0.241 e. The van der Waals surface area contributed by atoms with Crippen molar-refractivity contribution in [2.75, 3.05) is 19.6 Å². The fraction of sp³-hybridized carbons (Fsp3) is 0.733. The molecule has 7 nitrogen and oxygen atoms in total. The van der Waals surface area contributed by atoms with Gasteiger partial charge in [0.2, 0.25) is 17.7 Å². The molecule has 1 aliphatic heterocycles. The summed E-state index contributed by atoms with van der Waals surface area (Å²) in [5, 5.41) is 6.66. The van der Waals surface area contributed by atoms with Crippen molar-refractivity contribution in [2.24, 2.45) is 0 Å². The average molecular weight is 306 g/mol. The zero-order valence-corrected chi connectivity index (χ0v) is 12.9. The number of nitrogens with zero attached hydrogens (tertiary/aromatic N) is 3. The van der Waals surface area contributed by atoms with Crippen LogP contribution in [0, 0.1) is 0 Å². The molecule has 22 heavy (non-hydrogen) atoms. The van der Waals surface area contributed by atoms with Crippen LogP contribution in [0.5, 0.6) is 0 Å². The molecule has 2 amide bonds. The summed E-state index contributed by atoms with van der Waals surface area (Å²) in [6, 6.07) is 0. The molecule has 0 unspecified atom stereocenters. The van der Waals surface area contributed by atoms with E-state index in [2.05, 4.69) is 15.5 Å². The predicted molar refractivity (Wildman–Crippen MR) is 78.1 cm³/mol. The molecule has 1 atom stereocenters. The SMILES string of the molecule is CC(=O)NCC(=O)N1CC[C@@H](c2nc(C3CCCC3)no2)C1. The Bertz CT molecular complexity index is 551. The lowest BCUT2D eigenvalue weighted by molar-refractivity contribution is -0.131. The third kappa shape index (κ3) is 3.28. The van der Waals surface area contributed by atoms with E-state index in [1.165, 1.54) is 19.8 Å². The van der Waals surface area contributed by atoms with Gasteiger partial charge in [0.1, 0.15) is 0 Å². The van der Waals surface area contributed by atoms with Gasteiger partial charge in [-0.25, -0.2) is 0 Å². The van der Waals surface area contributed by atoms with Crippen molar-refractivity contribution < 1.29 is 14.1 Å². The van der Waals surface area contributed by atoms with Gasteiger partial charge < -0.3 is 14.7 Å². The number of likely N-dealkylation sites (tertiary alicyclic amines) is 1. The van der Waals surface area contributed by atoms with E-state index in [0.717, 1.165) is 25.1 Å². The summed E-state index contributed by atoms with van der Waals surface area (Å²) in [7, 11) is 0. The molecule has 1 N–H and O–H groups in total. The first-order valence-electron chi connectivity index (χ1n) is 7.99. The molecule has 0 spiro atoms.